The van der Waals surface area contributed by atoms with Gasteiger partial charge in [0, 0.05) is 37.4 Å². The van der Waals surface area contributed by atoms with Gasteiger partial charge in [0.1, 0.15) is 5.82 Å². The van der Waals surface area contributed by atoms with Gasteiger partial charge in [-0.25, -0.2) is 9.97 Å². The van der Waals surface area contributed by atoms with Gasteiger partial charge in [0.15, 0.2) is 6.29 Å². The van der Waals surface area contributed by atoms with Gasteiger partial charge in [-0.2, -0.15) is 0 Å². The lowest BCUT2D eigenvalue weighted by atomic mass is 10.2. The largest absolute Gasteiger partial charge is 0.391 e. The molecule has 7 heteroatoms. The first-order valence-electron chi connectivity index (χ1n) is 6.73. The van der Waals surface area contributed by atoms with Crippen molar-refractivity contribution in [2.75, 3.05) is 25.1 Å². The average molecular weight is 304 g/mol. The Kier molecular flexibility index (Phi) is 7.76. The number of ether oxygens (including phenoxy) is 2. The van der Waals surface area contributed by atoms with E-state index in [4.69, 9.17) is 21.1 Å². The van der Waals surface area contributed by atoms with E-state index in [-0.39, 0.29) is 18.2 Å². The number of aliphatic hydroxyl groups excluding tert-OH is 1. The van der Waals surface area contributed by atoms with Crippen LogP contribution >= 0.6 is 11.6 Å². The molecule has 1 rings (SSSR count). The molecule has 0 spiro atoms. The van der Waals surface area contributed by atoms with Gasteiger partial charge >= 0.3 is 0 Å². The Labute approximate surface area is 124 Å². The Bertz CT molecular complexity index is 412. The summed E-state index contributed by atoms with van der Waals surface area (Å²) in [6.07, 6.45) is 0.432. The fourth-order valence-corrected chi connectivity index (χ4v) is 2.00. The van der Waals surface area contributed by atoms with Crippen molar-refractivity contribution in [1.82, 2.24) is 9.97 Å². The van der Waals surface area contributed by atoms with Crippen LogP contribution in [-0.2, 0) is 16.1 Å². The van der Waals surface area contributed by atoms with Gasteiger partial charge in [0.2, 0.25) is 5.28 Å². The number of aliphatic hydroxyl groups is 1. The van der Waals surface area contributed by atoms with Crippen LogP contribution < -0.4 is 5.32 Å². The van der Waals surface area contributed by atoms with Crippen LogP contribution in [0.3, 0.4) is 0 Å². The van der Waals surface area contributed by atoms with Gasteiger partial charge in [0.25, 0.3) is 0 Å². The van der Waals surface area contributed by atoms with Crippen LogP contribution in [0.4, 0.5) is 5.82 Å². The van der Waals surface area contributed by atoms with Crippen molar-refractivity contribution in [3.8, 4) is 0 Å². The SMILES string of the molecule is CCOC(CCNc1nc(Cl)nc(C)c1CO)OCC. The number of aryl methyl sites for hydroxylation is 1. The minimum atomic E-state index is -0.242. The first-order chi connectivity index (χ1) is 9.62. The molecule has 0 aromatic carbocycles. The topological polar surface area (TPSA) is 76.5 Å². The molecule has 114 valence electrons. The lowest BCUT2D eigenvalue weighted by Crippen LogP contribution is -2.21. The van der Waals surface area contributed by atoms with E-state index in [2.05, 4.69) is 15.3 Å². The van der Waals surface area contributed by atoms with Crippen LogP contribution in [0.1, 0.15) is 31.5 Å². The van der Waals surface area contributed by atoms with Crippen molar-refractivity contribution in [2.24, 2.45) is 0 Å². The Morgan fingerprint density at radius 3 is 2.45 bits per heavy atom. The Balaban J connectivity index is 2.60. The zero-order valence-corrected chi connectivity index (χ0v) is 12.9. The predicted molar refractivity (Wildman–Crippen MR) is 77.8 cm³/mol. The third kappa shape index (κ3) is 5.20. The van der Waals surface area contributed by atoms with Gasteiger partial charge in [-0.3, -0.25) is 0 Å². The van der Waals surface area contributed by atoms with E-state index in [9.17, 15) is 5.11 Å². The number of rotatable bonds is 9. The van der Waals surface area contributed by atoms with Crippen molar-refractivity contribution in [3.63, 3.8) is 0 Å². The van der Waals surface area contributed by atoms with Crippen LogP contribution in [0.5, 0.6) is 0 Å². The molecule has 0 saturated carbocycles. The third-order valence-corrected chi connectivity index (χ3v) is 2.89. The number of nitrogens with zero attached hydrogens (tertiary/aromatic N) is 2. The lowest BCUT2D eigenvalue weighted by Gasteiger charge is -2.18. The summed E-state index contributed by atoms with van der Waals surface area (Å²) in [5.74, 6) is 0.553. The number of anilines is 1. The fourth-order valence-electron chi connectivity index (χ4n) is 1.79. The Hall–Kier alpha value is -0.950. The van der Waals surface area contributed by atoms with Crippen LogP contribution in [0.15, 0.2) is 0 Å². The van der Waals surface area contributed by atoms with Gasteiger partial charge < -0.3 is 19.9 Å². The second-order valence-electron chi connectivity index (χ2n) is 4.12. The Morgan fingerprint density at radius 1 is 1.25 bits per heavy atom. The van der Waals surface area contributed by atoms with Crippen LogP contribution in [-0.4, -0.2) is 41.1 Å². The zero-order chi connectivity index (χ0) is 15.0. The van der Waals surface area contributed by atoms with E-state index in [1.54, 1.807) is 6.92 Å². The molecule has 2 N–H and O–H groups in total. The summed E-state index contributed by atoms with van der Waals surface area (Å²) in [7, 11) is 0. The third-order valence-electron chi connectivity index (χ3n) is 2.72. The van der Waals surface area contributed by atoms with Gasteiger partial charge in [-0.1, -0.05) is 0 Å². The molecule has 6 nitrogen and oxygen atoms in total. The van der Waals surface area contributed by atoms with Crippen LogP contribution in [0.25, 0.3) is 0 Å². The van der Waals surface area contributed by atoms with Crippen LogP contribution in [0.2, 0.25) is 5.28 Å². The molecule has 1 aromatic rings. The van der Waals surface area contributed by atoms with Gasteiger partial charge in [0.05, 0.1) is 6.61 Å². The molecule has 0 aliphatic rings. The van der Waals surface area contributed by atoms with E-state index in [0.717, 1.165) is 0 Å². The highest BCUT2D eigenvalue weighted by Crippen LogP contribution is 2.18. The summed E-state index contributed by atoms with van der Waals surface area (Å²) in [5.41, 5.74) is 1.32. The van der Waals surface area contributed by atoms with Crippen molar-refractivity contribution < 1.29 is 14.6 Å². The number of halogens is 1. The molecular weight excluding hydrogens is 282 g/mol. The molecule has 0 aliphatic heterocycles. The zero-order valence-electron chi connectivity index (χ0n) is 12.1. The summed E-state index contributed by atoms with van der Waals surface area (Å²) in [6, 6.07) is 0. The molecule has 1 aromatic heterocycles. The number of hydrogen-bond donors (Lipinski definition) is 2. The molecule has 0 atom stereocenters. The smallest absolute Gasteiger partial charge is 0.224 e. The molecule has 0 saturated heterocycles. The highest BCUT2D eigenvalue weighted by atomic mass is 35.5. The van der Waals surface area contributed by atoms with Crippen molar-refractivity contribution in [2.45, 2.75) is 40.1 Å². The van der Waals surface area contributed by atoms with E-state index in [0.29, 0.717) is 43.3 Å². The van der Waals surface area contributed by atoms with E-state index in [1.165, 1.54) is 0 Å². The maximum atomic E-state index is 9.35. The molecule has 0 amide bonds. The standard InChI is InChI=1S/C13H22ClN3O3/c1-4-19-11(20-5-2)6-7-15-12-10(8-18)9(3)16-13(14)17-12/h11,18H,4-8H2,1-3H3,(H,15,16,17). The first kappa shape index (κ1) is 17.1. The highest BCUT2D eigenvalue weighted by Gasteiger charge is 2.12. The highest BCUT2D eigenvalue weighted by molar-refractivity contribution is 6.28. The predicted octanol–water partition coefficient (Wildman–Crippen LogP) is 2.13. The normalized spacial score (nSPS) is 11.1. The molecule has 0 aliphatic carbocycles. The number of hydrogen-bond acceptors (Lipinski definition) is 6. The fraction of sp³-hybridized carbons (Fsp3) is 0.692. The van der Waals surface area contributed by atoms with E-state index < -0.39 is 0 Å². The number of aromatic nitrogens is 2. The summed E-state index contributed by atoms with van der Waals surface area (Å²) in [6.45, 7) is 7.31. The van der Waals surface area contributed by atoms with Gasteiger partial charge in [-0.15, -0.1) is 0 Å². The minimum absolute atomic E-state index is 0.133. The second-order valence-corrected chi connectivity index (χ2v) is 4.46. The molecule has 0 fully saturated rings. The Morgan fingerprint density at radius 2 is 1.90 bits per heavy atom. The average Bonchev–Trinajstić information content (AvgIpc) is 2.38. The van der Waals surface area contributed by atoms with E-state index >= 15 is 0 Å². The second kappa shape index (κ2) is 9.07. The monoisotopic (exact) mass is 303 g/mol. The summed E-state index contributed by atoms with van der Waals surface area (Å²) in [4.78, 5) is 8.11. The maximum Gasteiger partial charge on any atom is 0.224 e. The molecule has 0 unspecified atom stereocenters. The first-order valence-corrected chi connectivity index (χ1v) is 7.11. The molecule has 1 heterocycles. The summed E-state index contributed by atoms with van der Waals surface area (Å²) < 4.78 is 10.9. The molecule has 0 bridgehead atoms. The maximum absolute atomic E-state index is 9.35. The number of nitrogens with one attached hydrogen (secondary N) is 1. The van der Waals surface area contributed by atoms with E-state index in [1.807, 2.05) is 13.8 Å². The molecule has 20 heavy (non-hydrogen) atoms. The quantitative estimate of drug-likeness (QED) is 0.537. The van der Waals surface area contributed by atoms with Crippen molar-refractivity contribution in [1.29, 1.82) is 0 Å². The van der Waals surface area contributed by atoms with Crippen LogP contribution in [0, 0.1) is 6.92 Å². The summed E-state index contributed by atoms with van der Waals surface area (Å²) in [5, 5.41) is 12.7. The summed E-state index contributed by atoms with van der Waals surface area (Å²) >= 11 is 5.83. The van der Waals surface area contributed by atoms with Gasteiger partial charge in [-0.05, 0) is 32.4 Å². The lowest BCUT2D eigenvalue weighted by molar-refractivity contribution is -0.137. The minimum Gasteiger partial charge on any atom is -0.391 e. The van der Waals surface area contributed by atoms with Crippen molar-refractivity contribution >= 4 is 17.4 Å². The molecule has 0 radical (unpaired) electrons. The molecular formula is C13H22ClN3O3. The van der Waals surface area contributed by atoms with Crippen molar-refractivity contribution in [3.05, 3.63) is 16.5 Å².